The number of carbonyl (C=O) groups excluding carboxylic acids is 1. The lowest BCUT2D eigenvalue weighted by atomic mass is 10.0. The van der Waals surface area contributed by atoms with Gasteiger partial charge in [-0.25, -0.2) is 0 Å². The molecule has 2 aromatic rings. The lowest BCUT2D eigenvalue weighted by Crippen LogP contribution is -2.26. The van der Waals surface area contributed by atoms with Gasteiger partial charge in [0.25, 0.3) is 5.91 Å². The second-order valence-corrected chi connectivity index (χ2v) is 5.65. The molecule has 3 nitrogen and oxygen atoms in total. The fraction of sp³-hybridized carbons (Fsp3) is 0.389. The van der Waals surface area contributed by atoms with Gasteiger partial charge in [-0.15, -0.1) is 0 Å². The number of hydrogen-bond acceptors (Lipinski definition) is 2. The maximum Gasteiger partial charge on any atom is 0.255 e. The van der Waals surface area contributed by atoms with Gasteiger partial charge in [0.2, 0.25) is 0 Å². The van der Waals surface area contributed by atoms with Crippen LogP contribution < -0.4 is 5.32 Å². The van der Waals surface area contributed by atoms with E-state index < -0.39 is 0 Å². The van der Waals surface area contributed by atoms with E-state index >= 15 is 0 Å². The summed E-state index contributed by atoms with van der Waals surface area (Å²) in [6.07, 6.45) is 0.840. The zero-order valence-corrected chi connectivity index (χ0v) is 13.5. The molecule has 1 aromatic heterocycles. The molecule has 1 amide bonds. The lowest BCUT2D eigenvalue weighted by molar-refractivity contribution is 0.0952. The van der Waals surface area contributed by atoms with Gasteiger partial charge in [-0.3, -0.25) is 4.79 Å². The maximum atomic E-state index is 12.3. The number of aryl methyl sites for hydroxylation is 4. The van der Waals surface area contributed by atoms with E-state index in [-0.39, 0.29) is 5.91 Å². The Morgan fingerprint density at radius 1 is 1.10 bits per heavy atom. The van der Waals surface area contributed by atoms with E-state index in [0.29, 0.717) is 17.9 Å². The Kier molecular flexibility index (Phi) is 4.51. The van der Waals surface area contributed by atoms with Gasteiger partial charge < -0.3 is 9.73 Å². The van der Waals surface area contributed by atoms with Crippen LogP contribution in [0.3, 0.4) is 0 Å². The summed E-state index contributed by atoms with van der Waals surface area (Å²) in [5.41, 5.74) is 5.42. The van der Waals surface area contributed by atoms with Crippen LogP contribution in [0.4, 0.5) is 0 Å². The zero-order valence-electron chi connectivity index (χ0n) is 13.5. The van der Waals surface area contributed by atoms with E-state index in [0.717, 1.165) is 17.7 Å². The third-order valence-electron chi connectivity index (χ3n) is 3.97. The molecule has 0 aliphatic carbocycles. The Bertz CT molecular complexity index is 668. The minimum absolute atomic E-state index is 0.0494. The van der Waals surface area contributed by atoms with Gasteiger partial charge in [0.05, 0.1) is 5.56 Å². The Balaban J connectivity index is 1.98. The Hall–Kier alpha value is -2.03. The topological polar surface area (TPSA) is 42.2 Å². The number of rotatable bonds is 4. The SMILES string of the molecule is Cc1ccc(CCNC(=O)c2c(C)oc(C)c2C)c(C)c1. The molecule has 3 heteroatoms. The van der Waals surface area contributed by atoms with E-state index in [1.165, 1.54) is 16.7 Å². The number of furan rings is 1. The van der Waals surface area contributed by atoms with Crippen molar-refractivity contribution in [1.82, 2.24) is 5.32 Å². The van der Waals surface area contributed by atoms with E-state index in [9.17, 15) is 4.79 Å². The molecular formula is C18H23NO2. The van der Waals surface area contributed by atoms with Crippen LogP contribution in [0.1, 0.15) is 44.1 Å². The predicted octanol–water partition coefficient (Wildman–Crippen LogP) is 3.79. The number of hydrogen-bond donors (Lipinski definition) is 1. The summed E-state index contributed by atoms with van der Waals surface area (Å²) in [5.74, 6) is 1.45. The van der Waals surface area contributed by atoms with Crippen LogP contribution in [0.15, 0.2) is 22.6 Å². The number of carbonyl (C=O) groups is 1. The fourth-order valence-corrected chi connectivity index (χ4v) is 2.65. The van der Waals surface area contributed by atoms with Crippen molar-refractivity contribution in [3.63, 3.8) is 0 Å². The molecule has 21 heavy (non-hydrogen) atoms. The molecule has 0 saturated carbocycles. The quantitative estimate of drug-likeness (QED) is 0.928. The molecule has 0 spiro atoms. The monoisotopic (exact) mass is 285 g/mol. The van der Waals surface area contributed by atoms with Gasteiger partial charge in [-0.1, -0.05) is 23.8 Å². The first-order chi connectivity index (χ1) is 9.90. The van der Waals surface area contributed by atoms with Gasteiger partial charge in [-0.2, -0.15) is 0 Å². The summed E-state index contributed by atoms with van der Waals surface area (Å²) in [7, 11) is 0. The molecule has 0 unspecified atom stereocenters. The van der Waals surface area contributed by atoms with Crippen molar-refractivity contribution in [2.24, 2.45) is 0 Å². The van der Waals surface area contributed by atoms with Crippen molar-refractivity contribution in [2.45, 2.75) is 41.0 Å². The third-order valence-corrected chi connectivity index (χ3v) is 3.97. The molecular weight excluding hydrogens is 262 g/mol. The first-order valence-corrected chi connectivity index (χ1v) is 7.31. The summed E-state index contributed by atoms with van der Waals surface area (Å²) in [5, 5.41) is 2.99. The Morgan fingerprint density at radius 2 is 1.81 bits per heavy atom. The predicted molar refractivity (Wildman–Crippen MR) is 84.9 cm³/mol. The van der Waals surface area contributed by atoms with Crippen LogP contribution in [0, 0.1) is 34.6 Å². The van der Waals surface area contributed by atoms with Gasteiger partial charge in [0.1, 0.15) is 11.5 Å². The van der Waals surface area contributed by atoms with Crippen molar-refractivity contribution in [3.8, 4) is 0 Å². The van der Waals surface area contributed by atoms with Gasteiger partial charge >= 0.3 is 0 Å². The average molecular weight is 285 g/mol. The van der Waals surface area contributed by atoms with Crippen LogP contribution >= 0.6 is 0 Å². The minimum atomic E-state index is -0.0494. The van der Waals surface area contributed by atoms with E-state index in [4.69, 9.17) is 4.42 Å². The van der Waals surface area contributed by atoms with Crippen molar-refractivity contribution in [2.75, 3.05) is 6.54 Å². The summed E-state index contributed by atoms with van der Waals surface area (Å²) in [4.78, 5) is 12.3. The highest BCUT2D eigenvalue weighted by Crippen LogP contribution is 2.20. The standard InChI is InChI=1S/C18H23NO2/c1-11-6-7-16(12(2)10-11)8-9-19-18(20)17-13(3)14(4)21-15(17)5/h6-7,10H,8-9H2,1-5H3,(H,19,20). The molecule has 0 radical (unpaired) electrons. The Labute approximate surface area is 126 Å². The molecule has 0 bridgehead atoms. The van der Waals surface area contributed by atoms with Gasteiger partial charge in [0, 0.05) is 12.1 Å². The molecule has 0 atom stereocenters. The summed E-state index contributed by atoms with van der Waals surface area (Å²) >= 11 is 0. The van der Waals surface area contributed by atoms with Crippen LogP contribution in [0.5, 0.6) is 0 Å². The number of amides is 1. The maximum absolute atomic E-state index is 12.3. The molecule has 0 fully saturated rings. The summed E-state index contributed by atoms with van der Waals surface area (Å²) in [6.45, 7) is 10.5. The second kappa shape index (κ2) is 6.17. The van der Waals surface area contributed by atoms with E-state index in [1.807, 2.05) is 20.8 Å². The minimum Gasteiger partial charge on any atom is -0.466 e. The third kappa shape index (κ3) is 3.35. The largest absolute Gasteiger partial charge is 0.466 e. The summed E-state index contributed by atoms with van der Waals surface area (Å²) in [6, 6.07) is 6.41. The highest BCUT2D eigenvalue weighted by Gasteiger charge is 2.17. The van der Waals surface area contributed by atoms with Crippen molar-refractivity contribution in [3.05, 3.63) is 57.5 Å². The van der Waals surface area contributed by atoms with Crippen molar-refractivity contribution < 1.29 is 9.21 Å². The first-order valence-electron chi connectivity index (χ1n) is 7.31. The van der Waals surface area contributed by atoms with Crippen molar-refractivity contribution in [1.29, 1.82) is 0 Å². The first kappa shape index (κ1) is 15.4. The molecule has 1 N–H and O–H groups in total. The smallest absolute Gasteiger partial charge is 0.255 e. The molecule has 0 saturated heterocycles. The van der Waals surface area contributed by atoms with Crippen LogP contribution in [-0.2, 0) is 6.42 Å². The number of nitrogens with one attached hydrogen (secondary N) is 1. The van der Waals surface area contributed by atoms with Crippen molar-refractivity contribution >= 4 is 5.91 Å². The molecule has 1 heterocycles. The van der Waals surface area contributed by atoms with Gasteiger partial charge in [0.15, 0.2) is 0 Å². The lowest BCUT2D eigenvalue weighted by Gasteiger charge is -2.08. The van der Waals surface area contributed by atoms with Crippen LogP contribution in [0.2, 0.25) is 0 Å². The van der Waals surface area contributed by atoms with E-state index in [1.54, 1.807) is 0 Å². The summed E-state index contributed by atoms with van der Waals surface area (Å²) < 4.78 is 5.50. The average Bonchev–Trinajstić information content (AvgIpc) is 2.66. The highest BCUT2D eigenvalue weighted by molar-refractivity contribution is 5.96. The molecule has 2 rings (SSSR count). The number of benzene rings is 1. The normalized spacial score (nSPS) is 10.7. The molecule has 112 valence electrons. The highest BCUT2D eigenvalue weighted by atomic mass is 16.3. The zero-order chi connectivity index (χ0) is 15.6. The fourth-order valence-electron chi connectivity index (χ4n) is 2.65. The second-order valence-electron chi connectivity index (χ2n) is 5.65. The van der Waals surface area contributed by atoms with E-state index in [2.05, 4.69) is 37.4 Å². The molecule has 0 aliphatic heterocycles. The van der Waals surface area contributed by atoms with Crippen LogP contribution in [-0.4, -0.2) is 12.5 Å². The Morgan fingerprint density at radius 3 is 2.38 bits per heavy atom. The molecule has 1 aromatic carbocycles. The van der Waals surface area contributed by atoms with Gasteiger partial charge in [-0.05, 0) is 52.2 Å². The molecule has 0 aliphatic rings. The van der Waals surface area contributed by atoms with Crippen LogP contribution in [0.25, 0.3) is 0 Å².